The monoisotopic (exact) mass is 246 g/mol. The fraction of sp³-hybridized carbons (Fsp3) is 0.400. The molecule has 1 aliphatic carbocycles. The van der Waals surface area contributed by atoms with Crippen LogP contribution in [0.3, 0.4) is 0 Å². The molecule has 1 fully saturated rings. The fourth-order valence-electron chi connectivity index (χ4n) is 2.25. The van der Waals surface area contributed by atoms with Gasteiger partial charge in [-0.1, -0.05) is 12.1 Å². The highest BCUT2D eigenvalue weighted by Gasteiger charge is 2.22. The van der Waals surface area contributed by atoms with Gasteiger partial charge in [0.2, 0.25) is 0 Å². The molecule has 0 spiro atoms. The third-order valence-electron chi connectivity index (χ3n) is 3.34. The lowest BCUT2D eigenvalue weighted by Crippen LogP contribution is -2.19. The topological polar surface area (TPSA) is 46.5 Å². The number of ketones is 1. The number of rotatable bonds is 3. The maximum absolute atomic E-state index is 11.8. The molecule has 18 heavy (non-hydrogen) atoms. The van der Waals surface area contributed by atoms with Crippen molar-refractivity contribution in [3.05, 3.63) is 35.4 Å². The van der Waals surface area contributed by atoms with E-state index in [9.17, 15) is 9.90 Å². The Balaban J connectivity index is 2.21. The van der Waals surface area contributed by atoms with E-state index in [-0.39, 0.29) is 18.3 Å². The van der Waals surface area contributed by atoms with Crippen molar-refractivity contribution in [2.75, 3.05) is 13.7 Å². The van der Waals surface area contributed by atoms with E-state index in [1.54, 1.807) is 7.11 Å². The van der Waals surface area contributed by atoms with Gasteiger partial charge in [-0.15, -0.1) is 0 Å². The summed E-state index contributed by atoms with van der Waals surface area (Å²) < 4.78 is 5.16. The summed E-state index contributed by atoms with van der Waals surface area (Å²) in [7, 11) is 1.62. The van der Waals surface area contributed by atoms with Crippen molar-refractivity contribution >= 4 is 11.9 Å². The van der Waals surface area contributed by atoms with Crippen LogP contribution in [0.15, 0.2) is 29.8 Å². The number of aliphatic hydroxyl groups is 1. The fourth-order valence-corrected chi connectivity index (χ4v) is 2.25. The van der Waals surface area contributed by atoms with Crippen LogP contribution in [0.1, 0.15) is 24.8 Å². The molecule has 1 aromatic carbocycles. The van der Waals surface area contributed by atoms with Crippen molar-refractivity contribution in [3.8, 4) is 5.75 Å². The molecule has 1 saturated carbocycles. The van der Waals surface area contributed by atoms with Crippen LogP contribution in [0.2, 0.25) is 0 Å². The molecule has 2 rings (SSSR count). The summed E-state index contributed by atoms with van der Waals surface area (Å²) in [6.07, 6.45) is 3.92. The number of allylic oxidation sites excluding steroid dienone is 1. The standard InChI is InChI=1S/C15H18O3/c1-18-14-4-2-3-11(9-14)7-13-8-12(10-16)5-6-15(13)17/h2-4,7,9,12,16H,5-6,8,10H2,1H3/b13-7-. The molecular formula is C15H18O3. The molecule has 0 radical (unpaired) electrons. The molecule has 0 aliphatic heterocycles. The van der Waals surface area contributed by atoms with Crippen molar-refractivity contribution < 1.29 is 14.6 Å². The first-order valence-electron chi connectivity index (χ1n) is 6.21. The van der Waals surface area contributed by atoms with E-state index in [0.29, 0.717) is 12.8 Å². The zero-order chi connectivity index (χ0) is 13.0. The lowest BCUT2D eigenvalue weighted by atomic mass is 9.84. The van der Waals surface area contributed by atoms with Gasteiger partial charge >= 0.3 is 0 Å². The summed E-state index contributed by atoms with van der Waals surface area (Å²) in [5.41, 5.74) is 1.78. The average Bonchev–Trinajstić information content (AvgIpc) is 2.41. The molecule has 0 amide bonds. The van der Waals surface area contributed by atoms with Crippen LogP contribution in [0, 0.1) is 5.92 Å². The van der Waals surface area contributed by atoms with Gasteiger partial charge in [-0.05, 0) is 48.1 Å². The number of Topliss-reactive ketones (excluding diaryl/α,β-unsaturated/α-hetero) is 1. The average molecular weight is 246 g/mol. The number of methoxy groups -OCH3 is 1. The number of carbonyl (C=O) groups excluding carboxylic acids is 1. The van der Waals surface area contributed by atoms with Gasteiger partial charge in [0.15, 0.2) is 5.78 Å². The highest BCUT2D eigenvalue weighted by Crippen LogP contribution is 2.27. The molecule has 96 valence electrons. The summed E-state index contributed by atoms with van der Waals surface area (Å²) in [5.74, 6) is 1.20. The van der Waals surface area contributed by atoms with Gasteiger partial charge in [0.05, 0.1) is 7.11 Å². The van der Waals surface area contributed by atoms with E-state index in [1.807, 2.05) is 30.3 Å². The number of benzene rings is 1. The molecule has 1 N–H and O–H groups in total. The second-order valence-electron chi connectivity index (χ2n) is 4.66. The third-order valence-corrected chi connectivity index (χ3v) is 3.34. The zero-order valence-electron chi connectivity index (χ0n) is 10.6. The zero-order valence-corrected chi connectivity index (χ0v) is 10.6. The Bertz CT molecular complexity index is 463. The minimum atomic E-state index is 0.155. The second kappa shape index (κ2) is 5.83. The number of carbonyl (C=O) groups is 1. The molecule has 1 aliphatic rings. The first kappa shape index (κ1) is 12.8. The van der Waals surface area contributed by atoms with Gasteiger partial charge in [0.25, 0.3) is 0 Å². The first-order chi connectivity index (χ1) is 8.72. The van der Waals surface area contributed by atoms with Crippen molar-refractivity contribution in [2.24, 2.45) is 5.92 Å². The van der Waals surface area contributed by atoms with Gasteiger partial charge in [-0.2, -0.15) is 0 Å². The summed E-state index contributed by atoms with van der Waals surface area (Å²) in [4.78, 5) is 11.8. The van der Waals surface area contributed by atoms with E-state index in [1.165, 1.54) is 0 Å². The largest absolute Gasteiger partial charge is 0.497 e. The van der Waals surface area contributed by atoms with E-state index in [0.717, 1.165) is 23.3 Å². The maximum atomic E-state index is 11.8. The smallest absolute Gasteiger partial charge is 0.158 e. The molecule has 1 atom stereocenters. The third kappa shape index (κ3) is 2.99. The van der Waals surface area contributed by atoms with Crippen molar-refractivity contribution in [1.29, 1.82) is 0 Å². The van der Waals surface area contributed by atoms with Crippen LogP contribution < -0.4 is 4.74 Å². The molecule has 0 bridgehead atoms. The van der Waals surface area contributed by atoms with Crippen molar-refractivity contribution in [3.63, 3.8) is 0 Å². The minimum Gasteiger partial charge on any atom is -0.497 e. The Morgan fingerprint density at radius 3 is 3.06 bits per heavy atom. The molecule has 3 heteroatoms. The van der Waals surface area contributed by atoms with Gasteiger partial charge in [-0.3, -0.25) is 4.79 Å². The predicted molar refractivity (Wildman–Crippen MR) is 70.4 cm³/mol. The van der Waals surface area contributed by atoms with Crippen LogP contribution in [0.5, 0.6) is 5.75 Å². The summed E-state index contributed by atoms with van der Waals surface area (Å²) >= 11 is 0. The van der Waals surface area contributed by atoms with Crippen molar-refractivity contribution in [2.45, 2.75) is 19.3 Å². The maximum Gasteiger partial charge on any atom is 0.158 e. The van der Waals surface area contributed by atoms with Crippen molar-refractivity contribution in [1.82, 2.24) is 0 Å². The lowest BCUT2D eigenvalue weighted by molar-refractivity contribution is -0.117. The van der Waals surface area contributed by atoms with Gasteiger partial charge in [0.1, 0.15) is 5.75 Å². The Hall–Kier alpha value is -1.61. The Morgan fingerprint density at radius 1 is 1.50 bits per heavy atom. The quantitative estimate of drug-likeness (QED) is 0.833. The number of ether oxygens (including phenoxy) is 1. The van der Waals surface area contributed by atoms with Crippen LogP contribution in [0.25, 0.3) is 6.08 Å². The SMILES string of the molecule is COc1cccc(/C=C2/CC(CO)CCC2=O)c1. The highest BCUT2D eigenvalue weighted by atomic mass is 16.5. The van der Waals surface area contributed by atoms with Crippen LogP contribution >= 0.6 is 0 Å². The molecule has 1 unspecified atom stereocenters. The minimum absolute atomic E-state index is 0.155. The number of hydrogen-bond acceptors (Lipinski definition) is 3. The molecule has 0 saturated heterocycles. The number of aliphatic hydroxyl groups excluding tert-OH is 1. The van der Waals surface area contributed by atoms with Crippen LogP contribution in [0.4, 0.5) is 0 Å². The Kier molecular flexibility index (Phi) is 4.15. The second-order valence-corrected chi connectivity index (χ2v) is 4.66. The van der Waals surface area contributed by atoms with Crippen LogP contribution in [-0.4, -0.2) is 24.6 Å². The highest BCUT2D eigenvalue weighted by molar-refractivity contribution is 6.00. The van der Waals surface area contributed by atoms with Crippen LogP contribution in [-0.2, 0) is 4.79 Å². The van der Waals surface area contributed by atoms with E-state index < -0.39 is 0 Å². The van der Waals surface area contributed by atoms with E-state index in [2.05, 4.69) is 0 Å². The van der Waals surface area contributed by atoms with Gasteiger partial charge in [0, 0.05) is 13.0 Å². The summed E-state index contributed by atoms with van der Waals surface area (Å²) in [6, 6.07) is 7.64. The van der Waals surface area contributed by atoms with E-state index in [4.69, 9.17) is 4.74 Å². The molecule has 0 heterocycles. The van der Waals surface area contributed by atoms with E-state index >= 15 is 0 Å². The summed E-state index contributed by atoms with van der Waals surface area (Å²) in [5, 5.41) is 9.18. The molecule has 3 nitrogen and oxygen atoms in total. The molecule has 0 aromatic heterocycles. The lowest BCUT2D eigenvalue weighted by Gasteiger charge is -2.21. The molecular weight excluding hydrogens is 228 g/mol. The first-order valence-corrected chi connectivity index (χ1v) is 6.21. The normalized spacial score (nSPS) is 22.2. The van der Waals surface area contributed by atoms with Gasteiger partial charge < -0.3 is 9.84 Å². The summed E-state index contributed by atoms with van der Waals surface area (Å²) in [6.45, 7) is 0.155. The predicted octanol–water partition coefficient (Wildman–Crippen LogP) is 2.44. The Morgan fingerprint density at radius 2 is 2.33 bits per heavy atom. The molecule has 1 aromatic rings. The number of hydrogen-bond donors (Lipinski definition) is 1. The Labute approximate surface area is 107 Å². The van der Waals surface area contributed by atoms with Gasteiger partial charge in [-0.25, -0.2) is 0 Å².